The van der Waals surface area contributed by atoms with E-state index in [1.54, 1.807) is 0 Å². The van der Waals surface area contributed by atoms with Crippen molar-refractivity contribution >= 4 is 17.6 Å². The molecule has 0 heterocycles. The van der Waals surface area contributed by atoms with Crippen molar-refractivity contribution in [2.75, 3.05) is 7.11 Å². The molecule has 0 aliphatic heterocycles. The van der Waals surface area contributed by atoms with Crippen molar-refractivity contribution < 1.29 is 9.53 Å². The van der Waals surface area contributed by atoms with Crippen LogP contribution in [0.1, 0.15) is 6.42 Å². The Kier molecular flexibility index (Phi) is 1.43. The minimum Gasteiger partial charge on any atom is -0.469 e. The number of halogens is 1. The number of alkyl halides is 1. The number of esters is 1. The Bertz CT molecular complexity index is 113. The Labute approximate surface area is 52.8 Å². The number of methoxy groups -OCH3 is 1. The molecular formula is C5H7ClO2. The van der Waals surface area contributed by atoms with Crippen molar-refractivity contribution in [2.45, 2.75) is 11.8 Å². The summed E-state index contributed by atoms with van der Waals surface area (Å²) in [5, 5.41) is 0.0439. The van der Waals surface area contributed by atoms with Crippen LogP contribution in [0.4, 0.5) is 0 Å². The Morgan fingerprint density at radius 2 is 2.38 bits per heavy atom. The maximum Gasteiger partial charge on any atom is 0.310 e. The predicted octanol–water partition coefficient (Wildman–Crippen LogP) is 0.787. The molecule has 2 nitrogen and oxygen atoms in total. The molecule has 1 aliphatic rings. The zero-order valence-electron chi connectivity index (χ0n) is 4.56. The van der Waals surface area contributed by atoms with Gasteiger partial charge in [-0.2, -0.15) is 0 Å². The Hall–Kier alpha value is -0.240. The minimum absolute atomic E-state index is 0.0123. The number of ether oxygens (including phenoxy) is 1. The summed E-state index contributed by atoms with van der Waals surface area (Å²) in [4.78, 5) is 10.5. The molecule has 0 aromatic rings. The van der Waals surface area contributed by atoms with E-state index in [-0.39, 0.29) is 17.3 Å². The van der Waals surface area contributed by atoms with Gasteiger partial charge >= 0.3 is 5.97 Å². The molecule has 0 N–H and O–H groups in total. The van der Waals surface area contributed by atoms with Crippen molar-refractivity contribution in [3.05, 3.63) is 0 Å². The first-order valence-corrected chi connectivity index (χ1v) is 2.91. The van der Waals surface area contributed by atoms with Gasteiger partial charge in [-0.1, -0.05) is 0 Å². The quantitative estimate of drug-likeness (QED) is 0.392. The number of hydrogen-bond acceptors (Lipinski definition) is 2. The van der Waals surface area contributed by atoms with Gasteiger partial charge in [-0.3, -0.25) is 4.79 Å². The first kappa shape index (κ1) is 5.89. The van der Waals surface area contributed by atoms with Gasteiger partial charge in [0.15, 0.2) is 0 Å². The summed E-state index contributed by atoms with van der Waals surface area (Å²) in [6.07, 6.45) is 0.786. The fourth-order valence-corrected chi connectivity index (χ4v) is 0.854. The summed E-state index contributed by atoms with van der Waals surface area (Å²) in [5.41, 5.74) is 0. The second kappa shape index (κ2) is 1.94. The molecule has 0 spiro atoms. The van der Waals surface area contributed by atoms with Gasteiger partial charge < -0.3 is 4.74 Å². The van der Waals surface area contributed by atoms with Gasteiger partial charge in [0.05, 0.1) is 13.0 Å². The molecule has 0 aromatic carbocycles. The second-order valence-electron chi connectivity index (χ2n) is 1.88. The fourth-order valence-electron chi connectivity index (χ4n) is 0.559. The number of rotatable bonds is 1. The van der Waals surface area contributed by atoms with Crippen LogP contribution >= 0.6 is 11.6 Å². The third-order valence-electron chi connectivity index (χ3n) is 1.22. The SMILES string of the molecule is COC(=O)[C@H]1C[C@H]1Cl. The Morgan fingerprint density at radius 1 is 1.88 bits per heavy atom. The van der Waals surface area contributed by atoms with Crippen LogP contribution < -0.4 is 0 Å². The molecule has 0 bridgehead atoms. The lowest BCUT2D eigenvalue weighted by molar-refractivity contribution is -0.142. The van der Waals surface area contributed by atoms with Gasteiger partial charge in [0.2, 0.25) is 0 Å². The molecule has 1 saturated carbocycles. The predicted molar refractivity (Wildman–Crippen MR) is 29.8 cm³/mol. The van der Waals surface area contributed by atoms with Crippen molar-refractivity contribution in [3.8, 4) is 0 Å². The molecule has 2 atom stereocenters. The zero-order chi connectivity index (χ0) is 6.15. The van der Waals surface area contributed by atoms with Gasteiger partial charge in [-0.15, -0.1) is 11.6 Å². The average Bonchev–Trinajstić information content (AvgIpc) is 2.45. The van der Waals surface area contributed by atoms with Crippen LogP contribution in [0.15, 0.2) is 0 Å². The number of carbonyl (C=O) groups is 1. The maximum atomic E-state index is 10.5. The number of hydrogen-bond donors (Lipinski definition) is 0. The van der Waals surface area contributed by atoms with Crippen LogP contribution in [-0.2, 0) is 9.53 Å². The van der Waals surface area contributed by atoms with Crippen molar-refractivity contribution in [1.82, 2.24) is 0 Å². The summed E-state index contributed by atoms with van der Waals surface area (Å²) >= 11 is 5.52. The van der Waals surface area contributed by atoms with Gasteiger partial charge in [-0.05, 0) is 6.42 Å². The maximum absolute atomic E-state index is 10.5. The highest BCUT2D eigenvalue weighted by molar-refractivity contribution is 6.24. The lowest BCUT2D eigenvalue weighted by Gasteiger charge is -1.90. The van der Waals surface area contributed by atoms with Gasteiger partial charge in [-0.25, -0.2) is 0 Å². The molecule has 0 radical (unpaired) electrons. The Morgan fingerprint density at radius 3 is 2.50 bits per heavy atom. The van der Waals surface area contributed by atoms with E-state index in [0.717, 1.165) is 6.42 Å². The van der Waals surface area contributed by atoms with Crippen LogP contribution in [0.3, 0.4) is 0 Å². The standard InChI is InChI=1S/C5H7ClO2/c1-8-5(7)3-2-4(3)6/h3-4H,2H2,1H3/t3-,4+/m0/s1. The van der Waals surface area contributed by atoms with E-state index in [0.29, 0.717) is 0 Å². The lowest BCUT2D eigenvalue weighted by atomic mass is 10.4. The summed E-state index contributed by atoms with van der Waals surface area (Å²) in [6, 6.07) is 0. The normalized spacial score (nSPS) is 34.2. The molecule has 1 fully saturated rings. The summed E-state index contributed by atoms with van der Waals surface area (Å²) < 4.78 is 4.42. The minimum atomic E-state index is -0.176. The molecule has 8 heavy (non-hydrogen) atoms. The average molecular weight is 135 g/mol. The topological polar surface area (TPSA) is 26.3 Å². The molecular weight excluding hydrogens is 128 g/mol. The van der Waals surface area contributed by atoms with Crippen LogP contribution in [0.5, 0.6) is 0 Å². The lowest BCUT2D eigenvalue weighted by Crippen LogP contribution is -2.03. The zero-order valence-corrected chi connectivity index (χ0v) is 5.31. The van der Waals surface area contributed by atoms with E-state index in [1.807, 2.05) is 0 Å². The molecule has 1 rings (SSSR count). The van der Waals surface area contributed by atoms with E-state index in [4.69, 9.17) is 11.6 Å². The highest BCUT2D eigenvalue weighted by Crippen LogP contribution is 2.36. The first-order valence-electron chi connectivity index (χ1n) is 2.47. The number of carbonyl (C=O) groups excluding carboxylic acids is 1. The summed E-state index contributed by atoms with van der Waals surface area (Å²) in [5.74, 6) is -0.188. The van der Waals surface area contributed by atoms with Gasteiger partial charge in [0, 0.05) is 5.38 Å². The largest absolute Gasteiger partial charge is 0.469 e. The molecule has 3 heteroatoms. The molecule has 0 unspecified atom stereocenters. The van der Waals surface area contributed by atoms with Crippen molar-refractivity contribution in [3.63, 3.8) is 0 Å². The van der Waals surface area contributed by atoms with Crippen LogP contribution in [0.25, 0.3) is 0 Å². The molecule has 0 aromatic heterocycles. The highest BCUT2D eigenvalue weighted by Gasteiger charge is 2.42. The first-order chi connectivity index (χ1) is 3.75. The van der Waals surface area contributed by atoms with E-state index in [1.165, 1.54) is 7.11 Å². The second-order valence-corrected chi connectivity index (χ2v) is 2.44. The van der Waals surface area contributed by atoms with Gasteiger partial charge in [0.1, 0.15) is 0 Å². The van der Waals surface area contributed by atoms with Gasteiger partial charge in [0.25, 0.3) is 0 Å². The van der Waals surface area contributed by atoms with Crippen molar-refractivity contribution in [1.29, 1.82) is 0 Å². The third-order valence-corrected chi connectivity index (χ3v) is 1.70. The molecule has 0 amide bonds. The third kappa shape index (κ3) is 0.944. The Balaban J connectivity index is 2.28. The fraction of sp³-hybridized carbons (Fsp3) is 0.800. The highest BCUT2D eigenvalue weighted by atomic mass is 35.5. The van der Waals surface area contributed by atoms with Crippen LogP contribution in [-0.4, -0.2) is 18.5 Å². The van der Waals surface area contributed by atoms with E-state index < -0.39 is 0 Å². The van der Waals surface area contributed by atoms with Crippen molar-refractivity contribution in [2.24, 2.45) is 5.92 Å². The van der Waals surface area contributed by atoms with E-state index in [2.05, 4.69) is 4.74 Å². The van der Waals surface area contributed by atoms with E-state index >= 15 is 0 Å². The van der Waals surface area contributed by atoms with E-state index in [9.17, 15) is 4.79 Å². The molecule has 1 aliphatic carbocycles. The monoisotopic (exact) mass is 134 g/mol. The van der Waals surface area contributed by atoms with Crippen LogP contribution in [0, 0.1) is 5.92 Å². The molecule has 46 valence electrons. The van der Waals surface area contributed by atoms with Crippen LogP contribution in [0.2, 0.25) is 0 Å². The smallest absolute Gasteiger partial charge is 0.310 e. The summed E-state index contributed by atoms with van der Waals surface area (Å²) in [6.45, 7) is 0. The summed E-state index contributed by atoms with van der Waals surface area (Å²) in [7, 11) is 1.38. The molecule has 0 saturated heterocycles.